The van der Waals surface area contributed by atoms with Crippen LogP contribution in [0.25, 0.3) is 0 Å². The van der Waals surface area contributed by atoms with Crippen LogP contribution in [0.1, 0.15) is 18.4 Å². The Morgan fingerprint density at radius 3 is 2.39 bits per heavy atom. The molecule has 1 aliphatic carbocycles. The second kappa shape index (κ2) is 4.72. The van der Waals surface area contributed by atoms with Gasteiger partial charge in [0.2, 0.25) is 0 Å². The summed E-state index contributed by atoms with van der Waals surface area (Å²) in [5, 5.41) is 9.40. The van der Waals surface area contributed by atoms with Crippen LogP contribution in [-0.2, 0) is 10.2 Å². The topological polar surface area (TPSA) is 55.8 Å². The van der Waals surface area contributed by atoms with Gasteiger partial charge < -0.3 is 14.6 Å². The van der Waals surface area contributed by atoms with Crippen molar-refractivity contribution in [3.63, 3.8) is 0 Å². The largest absolute Gasteiger partial charge is 0.497 e. The summed E-state index contributed by atoms with van der Waals surface area (Å²) in [6.45, 7) is 0. The fourth-order valence-electron chi connectivity index (χ4n) is 2.14. The molecule has 0 heterocycles. The molecule has 0 unspecified atom stereocenters. The van der Waals surface area contributed by atoms with Crippen LogP contribution in [0.3, 0.4) is 0 Å². The number of aliphatic carboxylic acids is 1. The molecule has 0 bridgehead atoms. The molecule has 1 aliphatic rings. The van der Waals surface area contributed by atoms with Crippen LogP contribution in [-0.4, -0.2) is 31.6 Å². The van der Waals surface area contributed by atoms with Crippen LogP contribution in [0.5, 0.6) is 11.5 Å². The summed E-state index contributed by atoms with van der Waals surface area (Å²) in [6.07, 6.45) is 3.24. The summed E-state index contributed by atoms with van der Waals surface area (Å²) < 4.78 is 10.6. The minimum Gasteiger partial charge on any atom is -0.497 e. The lowest BCUT2D eigenvalue weighted by Gasteiger charge is -2.18. The molecule has 5 heteroatoms. The zero-order valence-electron chi connectivity index (χ0n) is 10.6. The summed E-state index contributed by atoms with van der Waals surface area (Å²) in [7, 11) is 3.15. The van der Waals surface area contributed by atoms with Crippen molar-refractivity contribution in [2.45, 2.75) is 23.2 Å². The van der Waals surface area contributed by atoms with E-state index in [2.05, 4.69) is 0 Å². The van der Waals surface area contributed by atoms with Crippen molar-refractivity contribution < 1.29 is 19.4 Å². The highest BCUT2D eigenvalue weighted by Gasteiger charge is 2.54. The Balaban J connectivity index is 2.61. The summed E-state index contributed by atoms with van der Waals surface area (Å²) in [4.78, 5) is 12.4. The van der Waals surface area contributed by atoms with E-state index in [0.29, 0.717) is 24.3 Å². The molecule has 4 nitrogen and oxygen atoms in total. The van der Waals surface area contributed by atoms with Gasteiger partial charge in [0.15, 0.2) is 0 Å². The molecule has 0 aliphatic heterocycles. The van der Waals surface area contributed by atoms with Crippen LogP contribution < -0.4 is 9.47 Å². The van der Waals surface area contributed by atoms with Gasteiger partial charge in [-0.25, -0.2) is 0 Å². The van der Waals surface area contributed by atoms with Gasteiger partial charge in [-0.2, -0.15) is 0 Å². The number of hydrogen-bond donors (Lipinski definition) is 1. The number of hydrogen-bond acceptors (Lipinski definition) is 4. The van der Waals surface area contributed by atoms with Crippen LogP contribution in [0.2, 0.25) is 0 Å². The van der Waals surface area contributed by atoms with Gasteiger partial charge in [0, 0.05) is 5.56 Å². The summed E-state index contributed by atoms with van der Waals surface area (Å²) in [5.41, 5.74) is -0.0640. The van der Waals surface area contributed by atoms with E-state index >= 15 is 0 Å². The first-order chi connectivity index (χ1) is 8.58. The van der Waals surface area contributed by atoms with E-state index in [1.165, 1.54) is 11.8 Å². The lowest BCUT2D eigenvalue weighted by molar-refractivity contribution is -0.140. The first kappa shape index (κ1) is 13.1. The van der Waals surface area contributed by atoms with Crippen molar-refractivity contribution in [1.82, 2.24) is 0 Å². The second-order valence-electron chi connectivity index (χ2n) is 4.30. The van der Waals surface area contributed by atoms with Crippen molar-refractivity contribution >= 4 is 17.7 Å². The van der Waals surface area contributed by atoms with Crippen molar-refractivity contribution in [2.75, 3.05) is 20.5 Å². The molecule has 1 aromatic rings. The van der Waals surface area contributed by atoms with E-state index in [-0.39, 0.29) is 0 Å². The zero-order chi connectivity index (χ0) is 13.3. The Morgan fingerprint density at radius 2 is 2.00 bits per heavy atom. The SMILES string of the molecule is COc1cc(SC)c(OC)c(C2(C(=O)O)CC2)c1. The fourth-order valence-corrected chi connectivity index (χ4v) is 2.75. The number of ether oxygens (including phenoxy) is 2. The highest BCUT2D eigenvalue weighted by atomic mass is 32.2. The third-order valence-electron chi connectivity index (χ3n) is 3.36. The number of carbonyl (C=O) groups is 1. The van der Waals surface area contributed by atoms with Crippen molar-refractivity contribution in [2.24, 2.45) is 0 Å². The number of rotatable bonds is 5. The normalized spacial score (nSPS) is 16.2. The van der Waals surface area contributed by atoms with E-state index in [1.807, 2.05) is 12.3 Å². The lowest BCUT2D eigenvalue weighted by atomic mass is 9.95. The molecule has 0 atom stereocenters. The van der Waals surface area contributed by atoms with Gasteiger partial charge in [-0.1, -0.05) is 0 Å². The maximum Gasteiger partial charge on any atom is 0.314 e. The Bertz CT molecular complexity index is 480. The van der Waals surface area contributed by atoms with Gasteiger partial charge in [0.1, 0.15) is 11.5 Å². The molecule has 1 fully saturated rings. The van der Waals surface area contributed by atoms with Gasteiger partial charge in [-0.05, 0) is 31.2 Å². The van der Waals surface area contributed by atoms with Crippen LogP contribution in [0, 0.1) is 0 Å². The van der Waals surface area contributed by atoms with Crippen molar-refractivity contribution in [3.05, 3.63) is 17.7 Å². The van der Waals surface area contributed by atoms with Gasteiger partial charge in [0.25, 0.3) is 0 Å². The monoisotopic (exact) mass is 268 g/mol. The quantitative estimate of drug-likeness (QED) is 0.832. The lowest BCUT2D eigenvalue weighted by Crippen LogP contribution is -2.20. The van der Waals surface area contributed by atoms with E-state index in [4.69, 9.17) is 9.47 Å². The first-order valence-electron chi connectivity index (χ1n) is 5.63. The number of carboxylic acids is 1. The summed E-state index contributed by atoms with van der Waals surface area (Å²) in [5.74, 6) is 0.534. The second-order valence-corrected chi connectivity index (χ2v) is 5.15. The van der Waals surface area contributed by atoms with E-state index < -0.39 is 11.4 Å². The molecule has 98 valence electrons. The fraction of sp³-hybridized carbons (Fsp3) is 0.462. The van der Waals surface area contributed by atoms with E-state index in [9.17, 15) is 9.90 Å². The maximum atomic E-state index is 11.4. The molecule has 0 radical (unpaired) electrons. The van der Waals surface area contributed by atoms with E-state index in [0.717, 1.165) is 10.5 Å². The van der Waals surface area contributed by atoms with Gasteiger partial charge in [0.05, 0.1) is 24.5 Å². The number of thioether (sulfide) groups is 1. The standard InChI is InChI=1S/C13H16O4S/c1-16-8-6-9(13(4-5-13)12(14)15)11(17-2)10(7-8)18-3/h6-7H,4-5H2,1-3H3,(H,14,15). The molecule has 1 aromatic carbocycles. The summed E-state index contributed by atoms with van der Waals surface area (Å²) >= 11 is 1.52. The molecule has 2 rings (SSSR count). The molecule has 0 amide bonds. The molecule has 1 N–H and O–H groups in total. The number of carboxylic acid groups (broad SMARTS) is 1. The van der Waals surface area contributed by atoms with Gasteiger partial charge in [-0.3, -0.25) is 4.79 Å². The third-order valence-corrected chi connectivity index (χ3v) is 4.11. The molecule has 1 saturated carbocycles. The van der Waals surface area contributed by atoms with E-state index in [1.54, 1.807) is 20.3 Å². The third kappa shape index (κ3) is 1.92. The minimum atomic E-state index is -0.791. The Hall–Kier alpha value is -1.36. The van der Waals surface area contributed by atoms with Crippen LogP contribution >= 0.6 is 11.8 Å². The molecule has 0 spiro atoms. The molecule has 18 heavy (non-hydrogen) atoms. The molecular weight excluding hydrogens is 252 g/mol. The predicted octanol–water partition coefficient (Wildman–Crippen LogP) is 2.54. The van der Waals surface area contributed by atoms with Gasteiger partial charge >= 0.3 is 5.97 Å². The average Bonchev–Trinajstić information content (AvgIpc) is 3.18. The Labute approximate surface area is 110 Å². The molecule has 0 aromatic heterocycles. The smallest absolute Gasteiger partial charge is 0.314 e. The molecular formula is C13H16O4S. The summed E-state index contributed by atoms with van der Waals surface area (Å²) in [6, 6.07) is 3.64. The molecule has 0 saturated heterocycles. The Kier molecular flexibility index (Phi) is 3.43. The first-order valence-corrected chi connectivity index (χ1v) is 6.85. The number of benzene rings is 1. The van der Waals surface area contributed by atoms with Crippen LogP contribution in [0.15, 0.2) is 17.0 Å². The van der Waals surface area contributed by atoms with Crippen molar-refractivity contribution in [1.29, 1.82) is 0 Å². The number of methoxy groups -OCH3 is 2. The van der Waals surface area contributed by atoms with Crippen molar-refractivity contribution in [3.8, 4) is 11.5 Å². The zero-order valence-corrected chi connectivity index (χ0v) is 11.5. The van der Waals surface area contributed by atoms with Crippen LogP contribution in [0.4, 0.5) is 0 Å². The predicted molar refractivity (Wildman–Crippen MR) is 69.9 cm³/mol. The minimum absolute atomic E-state index is 0.652. The maximum absolute atomic E-state index is 11.4. The highest BCUT2D eigenvalue weighted by Crippen LogP contribution is 2.54. The Morgan fingerprint density at radius 1 is 1.33 bits per heavy atom. The average molecular weight is 268 g/mol. The highest BCUT2D eigenvalue weighted by molar-refractivity contribution is 7.98. The van der Waals surface area contributed by atoms with Gasteiger partial charge in [-0.15, -0.1) is 11.8 Å².